The van der Waals surface area contributed by atoms with Gasteiger partial charge in [0.05, 0.1) is 0 Å². The van der Waals surface area contributed by atoms with E-state index in [-0.39, 0.29) is 29.7 Å². The molecule has 9 heteroatoms. The van der Waals surface area contributed by atoms with Crippen LogP contribution in [0.2, 0.25) is 0 Å². The smallest absolute Gasteiger partial charge is 0.346 e. The topological polar surface area (TPSA) is 138 Å². The molecule has 9 nitrogen and oxygen atoms in total. The third-order valence-corrected chi connectivity index (χ3v) is 6.73. The van der Waals surface area contributed by atoms with Crippen LogP contribution < -0.4 is 11.1 Å². The number of nitrogens with zero attached hydrogens (tertiary/aromatic N) is 3. The van der Waals surface area contributed by atoms with Gasteiger partial charge in [-0.25, -0.2) is 9.78 Å². The molecule has 2 heterocycles. The summed E-state index contributed by atoms with van der Waals surface area (Å²) in [5, 5.41) is 11.8. The number of rotatable bonds is 7. The van der Waals surface area contributed by atoms with Crippen LogP contribution >= 0.6 is 0 Å². The number of nitrogen functional groups attached to an aromatic ring is 1. The second kappa shape index (κ2) is 9.67. The fourth-order valence-electron chi connectivity index (χ4n) is 5.30. The Morgan fingerprint density at radius 2 is 2.09 bits per heavy atom. The summed E-state index contributed by atoms with van der Waals surface area (Å²) in [6.45, 7) is 4.91. The number of anilines is 1. The molecule has 2 fully saturated rings. The number of carbonyl (C=O) groups excluding carboxylic acids is 2. The van der Waals surface area contributed by atoms with E-state index >= 15 is 0 Å². The van der Waals surface area contributed by atoms with Gasteiger partial charge >= 0.3 is 5.97 Å². The number of aromatic nitrogens is 1. The molecule has 1 aliphatic carbocycles. The minimum absolute atomic E-state index is 0.0331. The fraction of sp³-hybridized carbons (Fsp3) is 0.609. The first-order valence-electron chi connectivity index (χ1n) is 11.2. The van der Waals surface area contributed by atoms with Crippen molar-refractivity contribution in [1.82, 2.24) is 15.2 Å². The second-order valence-electron chi connectivity index (χ2n) is 9.61. The third-order valence-electron chi connectivity index (χ3n) is 6.73. The van der Waals surface area contributed by atoms with Crippen molar-refractivity contribution in [2.24, 2.45) is 16.3 Å². The molecule has 1 saturated carbocycles. The zero-order valence-electron chi connectivity index (χ0n) is 18.8. The largest absolute Gasteiger partial charge is 0.477 e. The number of hydrogen-bond acceptors (Lipinski definition) is 6. The highest BCUT2D eigenvalue weighted by Gasteiger charge is 2.55. The van der Waals surface area contributed by atoms with Crippen molar-refractivity contribution >= 4 is 29.8 Å². The van der Waals surface area contributed by atoms with Crippen molar-refractivity contribution in [3.63, 3.8) is 0 Å². The maximum Gasteiger partial charge on any atom is 0.346 e. The van der Waals surface area contributed by atoms with Crippen molar-refractivity contribution in [2.75, 3.05) is 18.8 Å². The normalized spacial score (nSPS) is 25.1. The predicted octanol–water partition coefficient (Wildman–Crippen LogP) is 2.01. The third kappa shape index (κ3) is 5.26. The molecule has 1 aromatic heterocycles. The van der Waals surface area contributed by atoms with E-state index in [4.69, 9.17) is 10.8 Å². The number of aliphatic carboxylic acids is 1. The molecule has 32 heavy (non-hydrogen) atoms. The van der Waals surface area contributed by atoms with Gasteiger partial charge in [0.2, 0.25) is 11.8 Å². The summed E-state index contributed by atoms with van der Waals surface area (Å²) < 4.78 is 0. The molecule has 0 spiro atoms. The zero-order valence-corrected chi connectivity index (χ0v) is 18.8. The van der Waals surface area contributed by atoms with Gasteiger partial charge in [0.25, 0.3) is 0 Å². The number of nitrogens with two attached hydrogens (primary N) is 1. The Morgan fingerprint density at radius 3 is 2.75 bits per heavy atom. The second-order valence-corrected chi connectivity index (χ2v) is 9.61. The molecular formula is C23H33N5O4. The lowest BCUT2D eigenvalue weighted by Crippen LogP contribution is -2.62. The number of hydrogen-bond donors (Lipinski definition) is 3. The summed E-state index contributed by atoms with van der Waals surface area (Å²) >= 11 is 0. The van der Waals surface area contributed by atoms with Crippen LogP contribution in [0.1, 0.15) is 57.9 Å². The SMILES string of the molecule is CC1(C)CCCC([C@@]2(C(=O)NCc3ccc(N)nc3)CCCN2C(=O)CN=CC(=O)O)C1. The number of pyridine rings is 1. The standard InChI is InChI=1S/C23H33N5O4/c1-22(2)8-3-5-17(11-22)23(21(32)27-13-16-6-7-18(24)26-12-16)9-4-10-28(23)19(29)14-25-15-20(30)31/h6-7,12,15,17H,3-5,8-11,13-14H2,1-2H3,(H2,24,26)(H,27,32)(H,30,31)/t17?,23-/m1/s1. The Balaban J connectivity index is 1.86. The van der Waals surface area contributed by atoms with Gasteiger partial charge in [0.1, 0.15) is 24.1 Å². The Morgan fingerprint density at radius 1 is 1.31 bits per heavy atom. The number of carbonyl (C=O) groups is 3. The van der Waals surface area contributed by atoms with Crippen LogP contribution in [0.3, 0.4) is 0 Å². The van der Waals surface area contributed by atoms with Crippen LogP contribution in [0.25, 0.3) is 0 Å². The van der Waals surface area contributed by atoms with Crippen LogP contribution in [0.4, 0.5) is 5.82 Å². The molecular weight excluding hydrogens is 410 g/mol. The number of likely N-dealkylation sites (tertiary alicyclic amines) is 1. The Labute approximate surface area is 188 Å². The van der Waals surface area contributed by atoms with Gasteiger partial charge in [-0.15, -0.1) is 0 Å². The Bertz CT molecular complexity index is 883. The van der Waals surface area contributed by atoms with E-state index in [0.717, 1.165) is 43.9 Å². The van der Waals surface area contributed by atoms with Crippen molar-refractivity contribution in [1.29, 1.82) is 0 Å². The maximum absolute atomic E-state index is 13.7. The van der Waals surface area contributed by atoms with Gasteiger partial charge in [-0.1, -0.05) is 26.3 Å². The van der Waals surface area contributed by atoms with Gasteiger partial charge in [0.15, 0.2) is 0 Å². The Kier molecular flexibility index (Phi) is 7.16. The first-order chi connectivity index (χ1) is 15.1. The van der Waals surface area contributed by atoms with Gasteiger partial charge in [0, 0.05) is 19.3 Å². The van der Waals surface area contributed by atoms with Crippen LogP contribution in [0, 0.1) is 11.3 Å². The summed E-state index contributed by atoms with van der Waals surface area (Å²) in [6.07, 6.45) is 7.51. The van der Waals surface area contributed by atoms with E-state index in [9.17, 15) is 14.4 Å². The van der Waals surface area contributed by atoms with Crippen LogP contribution in [-0.2, 0) is 20.9 Å². The minimum atomic E-state index is -1.20. The number of nitrogens with one attached hydrogen (secondary N) is 1. The van der Waals surface area contributed by atoms with E-state index in [1.165, 1.54) is 0 Å². The van der Waals surface area contributed by atoms with E-state index in [2.05, 4.69) is 29.1 Å². The van der Waals surface area contributed by atoms with Crippen molar-refractivity contribution in [3.05, 3.63) is 23.9 Å². The van der Waals surface area contributed by atoms with E-state index < -0.39 is 11.5 Å². The molecule has 0 aromatic carbocycles. The summed E-state index contributed by atoms with van der Waals surface area (Å²) in [4.78, 5) is 47.0. The fourth-order valence-corrected chi connectivity index (χ4v) is 5.30. The first kappa shape index (κ1) is 23.7. The number of aliphatic imine (C=N–C) groups is 1. The van der Waals surface area contributed by atoms with Crippen LogP contribution in [0.5, 0.6) is 0 Å². The highest BCUT2D eigenvalue weighted by atomic mass is 16.4. The van der Waals surface area contributed by atoms with Crippen molar-refractivity contribution in [2.45, 2.75) is 64.5 Å². The summed E-state index contributed by atoms with van der Waals surface area (Å²) in [5.41, 5.74) is 5.62. The molecule has 2 aliphatic rings. The molecule has 2 amide bonds. The maximum atomic E-state index is 13.7. The Hall–Kier alpha value is -2.97. The highest BCUT2D eigenvalue weighted by molar-refractivity contribution is 6.22. The van der Waals surface area contributed by atoms with Gasteiger partial charge in [-0.2, -0.15) is 0 Å². The lowest BCUT2D eigenvalue weighted by Gasteiger charge is -2.48. The predicted molar refractivity (Wildman–Crippen MR) is 121 cm³/mol. The first-order valence-corrected chi connectivity index (χ1v) is 11.2. The summed E-state index contributed by atoms with van der Waals surface area (Å²) in [7, 11) is 0. The quantitative estimate of drug-likeness (QED) is 0.551. The van der Waals surface area contributed by atoms with Gasteiger partial charge in [-0.3, -0.25) is 14.6 Å². The molecule has 4 N–H and O–H groups in total. The summed E-state index contributed by atoms with van der Waals surface area (Å²) in [6, 6.07) is 3.50. The monoisotopic (exact) mass is 443 g/mol. The average Bonchev–Trinajstić information content (AvgIpc) is 3.18. The lowest BCUT2D eigenvalue weighted by molar-refractivity contribution is -0.149. The average molecular weight is 444 g/mol. The minimum Gasteiger partial charge on any atom is -0.477 e. The molecule has 3 rings (SSSR count). The molecule has 2 atom stereocenters. The molecule has 0 bridgehead atoms. The van der Waals surface area contributed by atoms with Crippen LogP contribution in [0.15, 0.2) is 23.3 Å². The van der Waals surface area contributed by atoms with Crippen molar-refractivity contribution < 1.29 is 19.5 Å². The molecule has 174 valence electrons. The summed E-state index contributed by atoms with van der Waals surface area (Å²) in [5.74, 6) is -1.23. The number of carboxylic acids is 1. The molecule has 1 aromatic rings. The number of carboxylic acid groups (broad SMARTS) is 1. The lowest BCUT2D eigenvalue weighted by atomic mass is 9.64. The van der Waals surface area contributed by atoms with E-state index in [1.54, 1.807) is 17.2 Å². The molecule has 1 aliphatic heterocycles. The molecule has 0 radical (unpaired) electrons. The zero-order chi connectivity index (χ0) is 23.4. The van der Waals surface area contributed by atoms with Gasteiger partial charge in [-0.05, 0) is 55.1 Å². The highest BCUT2D eigenvalue weighted by Crippen LogP contribution is 2.48. The molecule has 1 saturated heterocycles. The van der Waals surface area contributed by atoms with E-state index in [0.29, 0.717) is 25.3 Å². The number of amides is 2. The van der Waals surface area contributed by atoms with Gasteiger partial charge < -0.3 is 21.1 Å². The van der Waals surface area contributed by atoms with E-state index in [1.807, 2.05) is 6.07 Å². The van der Waals surface area contributed by atoms with Crippen molar-refractivity contribution in [3.8, 4) is 0 Å². The molecule has 1 unspecified atom stereocenters. The van der Waals surface area contributed by atoms with Crippen LogP contribution in [-0.4, -0.2) is 57.6 Å².